The van der Waals surface area contributed by atoms with Crippen LogP contribution in [-0.2, 0) is 10.8 Å². The number of hydrogen-bond acceptors (Lipinski definition) is 5. The van der Waals surface area contributed by atoms with E-state index in [1.807, 2.05) is 18.2 Å². The number of ether oxygens (including phenoxy) is 3. The summed E-state index contributed by atoms with van der Waals surface area (Å²) in [6.45, 7) is 11.2. The van der Waals surface area contributed by atoms with Gasteiger partial charge < -0.3 is 18.6 Å². The number of fused-ring (bicyclic) bond motifs is 3. The maximum Gasteiger partial charge on any atom is 0.203 e. The molecule has 0 heterocycles. The maximum absolute atomic E-state index is 12.2. The van der Waals surface area contributed by atoms with Crippen LogP contribution in [0.5, 0.6) is 17.2 Å². The Hall–Kier alpha value is -2.31. The standard InChI is InChI=1S/C25H34O5Si/c1-25(2,3)31(7,8)30-20-14-9-16-15-21(27-4)23(28-5)24(29-6)22(16)19-13-11-17(26)10-12-18(19)20/h10-13,15,20H,9,14H2,1-8H3/t20-/m1/s1. The first-order valence-corrected chi connectivity index (χ1v) is 13.6. The second-order valence-electron chi connectivity index (χ2n) is 9.52. The highest BCUT2D eigenvalue weighted by Crippen LogP contribution is 2.51. The molecular formula is C25H34O5Si. The van der Waals surface area contributed by atoms with Gasteiger partial charge in [0.05, 0.1) is 27.4 Å². The van der Waals surface area contributed by atoms with Crippen molar-refractivity contribution in [1.29, 1.82) is 0 Å². The molecule has 0 radical (unpaired) electrons. The van der Waals surface area contributed by atoms with Gasteiger partial charge in [-0.15, -0.1) is 0 Å². The minimum atomic E-state index is -2.04. The second-order valence-corrected chi connectivity index (χ2v) is 14.3. The lowest BCUT2D eigenvalue weighted by Gasteiger charge is -2.39. The van der Waals surface area contributed by atoms with Gasteiger partial charge in [0.15, 0.2) is 25.2 Å². The van der Waals surface area contributed by atoms with E-state index in [1.165, 1.54) is 0 Å². The fourth-order valence-corrected chi connectivity index (χ4v) is 5.19. The molecule has 0 bridgehead atoms. The molecule has 0 N–H and O–H groups in total. The lowest BCUT2D eigenvalue weighted by molar-refractivity contribution is 0.175. The van der Waals surface area contributed by atoms with E-state index < -0.39 is 8.32 Å². The van der Waals surface area contributed by atoms with Gasteiger partial charge in [0.25, 0.3) is 0 Å². The van der Waals surface area contributed by atoms with Gasteiger partial charge in [-0.1, -0.05) is 26.8 Å². The molecule has 0 spiro atoms. The number of benzene rings is 1. The van der Waals surface area contributed by atoms with Gasteiger partial charge in [0.1, 0.15) is 0 Å². The van der Waals surface area contributed by atoms with Gasteiger partial charge >= 0.3 is 0 Å². The van der Waals surface area contributed by atoms with Crippen molar-refractivity contribution in [3.05, 3.63) is 51.7 Å². The minimum absolute atomic E-state index is 0.0415. The second kappa shape index (κ2) is 8.67. The van der Waals surface area contributed by atoms with E-state index in [9.17, 15) is 4.79 Å². The fraction of sp³-hybridized carbons (Fsp3) is 0.480. The van der Waals surface area contributed by atoms with E-state index in [1.54, 1.807) is 33.5 Å². The van der Waals surface area contributed by atoms with E-state index in [-0.39, 0.29) is 16.6 Å². The van der Waals surface area contributed by atoms with Gasteiger partial charge in [-0.2, -0.15) is 0 Å². The van der Waals surface area contributed by atoms with Crippen LogP contribution in [-0.4, -0.2) is 29.6 Å². The van der Waals surface area contributed by atoms with E-state index >= 15 is 0 Å². The maximum atomic E-state index is 12.2. The summed E-state index contributed by atoms with van der Waals surface area (Å²) in [4.78, 5) is 12.2. The predicted molar refractivity (Wildman–Crippen MR) is 127 cm³/mol. The van der Waals surface area contributed by atoms with Crippen LogP contribution in [0.1, 0.15) is 44.4 Å². The number of hydrogen-bond donors (Lipinski definition) is 0. The van der Waals surface area contributed by atoms with Gasteiger partial charge in [0, 0.05) is 5.56 Å². The summed E-state index contributed by atoms with van der Waals surface area (Å²) >= 11 is 0. The Bertz CT molecular complexity index is 1020. The lowest BCUT2D eigenvalue weighted by Crippen LogP contribution is -2.41. The zero-order chi connectivity index (χ0) is 23.0. The van der Waals surface area contributed by atoms with Gasteiger partial charge in [-0.05, 0) is 71.9 Å². The molecule has 31 heavy (non-hydrogen) atoms. The summed E-state index contributed by atoms with van der Waals surface area (Å²) in [7, 11) is 2.82. The fourth-order valence-electron chi connectivity index (χ4n) is 3.88. The number of aryl methyl sites for hydroxylation is 1. The average Bonchev–Trinajstić information content (AvgIpc) is 2.97. The number of rotatable bonds is 5. The van der Waals surface area contributed by atoms with Crippen LogP contribution in [0.15, 0.2) is 35.1 Å². The summed E-state index contributed by atoms with van der Waals surface area (Å²) in [6, 6.07) is 9.05. The van der Waals surface area contributed by atoms with E-state index in [2.05, 4.69) is 33.9 Å². The quantitative estimate of drug-likeness (QED) is 0.552. The van der Waals surface area contributed by atoms with Crippen LogP contribution in [0.4, 0.5) is 0 Å². The normalized spacial score (nSPS) is 16.1. The Morgan fingerprint density at radius 2 is 1.58 bits per heavy atom. The molecule has 0 saturated carbocycles. The first kappa shape index (κ1) is 23.4. The zero-order valence-electron chi connectivity index (χ0n) is 19.9. The zero-order valence-corrected chi connectivity index (χ0v) is 20.9. The molecule has 168 valence electrons. The molecule has 0 unspecified atom stereocenters. The highest BCUT2D eigenvalue weighted by Gasteiger charge is 2.40. The monoisotopic (exact) mass is 442 g/mol. The lowest BCUT2D eigenvalue weighted by atomic mass is 9.96. The molecule has 0 aromatic heterocycles. The Balaban J connectivity index is 2.30. The first-order valence-electron chi connectivity index (χ1n) is 10.7. The molecule has 0 aliphatic heterocycles. The summed E-state index contributed by atoms with van der Waals surface area (Å²) in [5.41, 5.74) is 3.94. The van der Waals surface area contributed by atoms with Crippen molar-refractivity contribution in [1.82, 2.24) is 0 Å². The van der Waals surface area contributed by atoms with Crippen molar-refractivity contribution in [2.75, 3.05) is 21.3 Å². The Morgan fingerprint density at radius 1 is 0.935 bits per heavy atom. The molecule has 3 rings (SSSR count). The van der Waals surface area contributed by atoms with Crippen LogP contribution < -0.4 is 19.6 Å². The van der Waals surface area contributed by atoms with Crippen molar-refractivity contribution in [3.8, 4) is 28.4 Å². The van der Waals surface area contributed by atoms with Crippen molar-refractivity contribution in [2.45, 2.75) is 57.8 Å². The third-order valence-corrected chi connectivity index (χ3v) is 11.1. The topological polar surface area (TPSA) is 54.0 Å². The van der Waals surface area contributed by atoms with Gasteiger partial charge in [-0.25, -0.2) is 0 Å². The SMILES string of the molecule is COc1cc2c(c(OC)c1OC)-c1ccc(=O)ccc1[C@H](O[Si](C)(C)C(C)(C)C)CC2. The Labute approximate surface area is 186 Å². The molecule has 1 atom stereocenters. The molecule has 2 aromatic carbocycles. The van der Waals surface area contributed by atoms with Crippen molar-refractivity contribution in [3.63, 3.8) is 0 Å². The molecule has 1 aliphatic rings. The molecule has 2 aromatic rings. The highest BCUT2D eigenvalue weighted by molar-refractivity contribution is 6.74. The Kier molecular flexibility index (Phi) is 6.53. The Morgan fingerprint density at radius 3 is 2.16 bits per heavy atom. The van der Waals surface area contributed by atoms with Crippen LogP contribution in [0.3, 0.4) is 0 Å². The van der Waals surface area contributed by atoms with E-state index in [4.69, 9.17) is 18.6 Å². The van der Waals surface area contributed by atoms with Gasteiger partial charge in [-0.3, -0.25) is 4.79 Å². The molecule has 0 saturated heterocycles. The van der Waals surface area contributed by atoms with Crippen LogP contribution in [0, 0.1) is 0 Å². The molecule has 6 heteroatoms. The van der Waals surface area contributed by atoms with Crippen LogP contribution in [0.25, 0.3) is 11.1 Å². The van der Waals surface area contributed by atoms with Crippen molar-refractivity contribution >= 4 is 8.32 Å². The number of methoxy groups -OCH3 is 3. The molecular weight excluding hydrogens is 408 g/mol. The smallest absolute Gasteiger partial charge is 0.203 e. The molecule has 0 amide bonds. The van der Waals surface area contributed by atoms with Crippen molar-refractivity contribution in [2.24, 2.45) is 0 Å². The molecule has 0 fully saturated rings. The van der Waals surface area contributed by atoms with E-state index in [0.29, 0.717) is 17.2 Å². The largest absolute Gasteiger partial charge is 0.493 e. The molecule has 1 aliphatic carbocycles. The van der Waals surface area contributed by atoms with Gasteiger partial charge in [0.2, 0.25) is 5.75 Å². The predicted octanol–water partition coefficient (Wildman–Crippen LogP) is 5.75. The minimum Gasteiger partial charge on any atom is -0.493 e. The first-order chi connectivity index (χ1) is 14.5. The highest BCUT2D eigenvalue weighted by atomic mass is 28.4. The summed E-state index contributed by atoms with van der Waals surface area (Å²) in [6.07, 6.45) is 1.49. The summed E-state index contributed by atoms with van der Waals surface area (Å²) in [5, 5.41) is 0.0805. The molecule has 5 nitrogen and oxygen atoms in total. The summed E-state index contributed by atoms with van der Waals surface area (Å²) in [5.74, 6) is 1.80. The van der Waals surface area contributed by atoms with Crippen LogP contribution in [0.2, 0.25) is 18.1 Å². The third-order valence-electron chi connectivity index (χ3n) is 6.60. The van der Waals surface area contributed by atoms with E-state index in [0.717, 1.165) is 35.1 Å². The third kappa shape index (κ3) is 4.37. The average molecular weight is 443 g/mol. The van der Waals surface area contributed by atoms with Crippen LogP contribution >= 0.6 is 0 Å². The summed E-state index contributed by atoms with van der Waals surface area (Å²) < 4.78 is 23.9. The van der Waals surface area contributed by atoms with Crippen molar-refractivity contribution < 1.29 is 18.6 Å².